The lowest BCUT2D eigenvalue weighted by molar-refractivity contribution is -0.146. The quantitative estimate of drug-likeness (QED) is 0.819. The Bertz CT molecular complexity index is 427. The molecular weight excluding hydrogens is 270 g/mol. The van der Waals surface area contributed by atoms with Crippen LogP contribution >= 0.6 is 11.8 Å². The Labute approximate surface area is 125 Å². The van der Waals surface area contributed by atoms with Gasteiger partial charge >= 0.3 is 5.97 Å². The number of carbonyl (C=O) groups is 1. The zero-order chi connectivity index (χ0) is 14.4. The first-order chi connectivity index (χ1) is 9.69. The molecule has 0 saturated carbocycles. The Morgan fingerprint density at radius 3 is 2.50 bits per heavy atom. The summed E-state index contributed by atoms with van der Waals surface area (Å²) in [5.74, 6) is 0.506. The lowest BCUT2D eigenvalue weighted by Gasteiger charge is -2.39. The molecule has 4 heteroatoms. The maximum Gasteiger partial charge on any atom is 0.314 e. The third-order valence-electron chi connectivity index (χ3n) is 4.27. The summed E-state index contributed by atoms with van der Waals surface area (Å²) in [6.07, 6.45) is 4.74. The SMILES string of the molecule is CSCCCN1CCC(C(=O)O)(c2ccccc2)CC1. The van der Waals surface area contributed by atoms with Crippen LogP contribution in [-0.4, -0.2) is 47.6 Å². The van der Waals surface area contributed by atoms with Gasteiger partial charge in [-0.3, -0.25) is 4.79 Å². The molecule has 0 bridgehead atoms. The van der Waals surface area contributed by atoms with Crippen LogP contribution in [0.4, 0.5) is 0 Å². The van der Waals surface area contributed by atoms with E-state index in [1.165, 1.54) is 12.2 Å². The van der Waals surface area contributed by atoms with Crippen molar-refractivity contribution in [1.82, 2.24) is 4.90 Å². The summed E-state index contributed by atoms with van der Waals surface area (Å²) in [4.78, 5) is 14.2. The van der Waals surface area contributed by atoms with E-state index in [1.807, 2.05) is 42.1 Å². The van der Waals surface area contributed by atoms with Crippen LogP contribution in [0.3, 0.4) is 0 Å². The van der Waals surface area contributed by atoms with Crippen molar-refractivity contribution in [2.24, 2.45) is 0 Å². The van der Waals surface area contributed by atoms with Gasteiger partial charge in [-0.15, -0.1) is 0 Å². The Balaban J connectivity index is 2.02. The molecule has 3 nitrogen and oxygen atoms in total. The standard InChI is InChI=1S/C16H23NO2S/c1-20-13-5-10-17-11-8-16(9-12-17,15(18)19)14-6-3-2-4-7-14/h2-4,6-7H,5,8-13H2,1H3,(H,18,19). The average Bonchev–Trinajstić information content (AvgIpc) is 2.49. The van der Waals surface area contributed by atoms with Gasteiger partial charge in [-0.25, -0.2) is 0 Å². The average molecular weight is 293 g/mol. The number of piperidine rings is 1. The summed E-state index contributed by atoms with van der Waals surface area (Å²) >= 11 is 1.87. The number of carboxylic acids is 1. The molecule has 0 aromatic heterocycles. The first-order valence-corrected chi connectivity index (χ1v) is 8.58. The van der Waals surface area contributed by atoms with Gasteiger partial charge in [-0.2, -0.15) is 11.8 Å². The number of likely N-dealkylation sites (tertiary alicyclic amines) is 1. The van der Waals surface area contributed by atoms with Crippen LogP contribution in [0, 0.1) is 0 Å². The van der Waals surface area contributed by atoms with Gasteiger partial charge in [0.2, 0.25) is 0 Å². The fourth-order valence-corrected chi connectivity index (χ4v) is 3.39. The minimum atomic E-state index is -0.683. The molecule has 1 aliphatic heterocycles. The van der Waals surface area contributed by atoms with Gasteiger partial charge in [-0.05, 0) is 56.5 Å². The number of aliphatic carboxylic acids is 1. The highest BCUT2D eigenvalue weighted by molar-refractivity contribution is 7.98. The molecule has 2 rings (SSSR count). The number of benzene rings is 1. The number of hydrogen-bond acceptors (Lipinski definition) is 3. The summed E-state index contributed by atoms with van der Waals surface area (Å²) in [5.41, 5.74) is 0.272. The Hall–Kier alpha value is -1.00. The number of hydrogen-bond donors (Lipinski definition) is 1. The molecule has 20 heavy (non-hydrogen) atoms. The topological polar surface area (TPSA) is 40.5 Å². The molecule has 1 fully saturated rings. The van der Waals surface area contributed by atoms with E-state index in [0.29, 0.717) is 12.8 Å². The smallest absolute Gasteiger partial charge is 0.314 e. The molecule has 1 heterocycles. The van der Waals surface area contributed by atoms with E-state index < -0.39 is 11.4 Å². The molecule has 1 aromatic carbocycles. The summed E-state index contributed by atoms with van der Waals surface area (Å²) in [7, 11) is 0. The van der Waals surface area contributed by atoms with E-state index in [0.717, 1.165) is 25.2 Å². The van der Waals surface area contributed by atoms with E-state index in [1.54, 1.807) is 0 Å². The maximum absolute atomic E-state index is 11.8. The number of carboxylic acid groups (broad SMARTS) is 1. The Morgan fingerprint density at radius 2 is 1.95 bits per heavy atom. The third-order valence-corrected chi connectivity index (χ3v) is 4.97. The molecule has 1 aliphatic rings. The summed E-state index contributed by atoms with van der Waals surface area (Å²) in [6, 6.07) is 9.72. The predicted molar refractivity (Wildman–Crippen MR) is 84.4 cm³/mol. The van der Waals surface area contributed by atoms with Crippen molar-refractivity contribution in [2.75, 3.05) is 31.6 Å². The molecule has 0 unspecified atom stereocenters. The molecule has 1 saturated heterocycles. The van der Waals surface area contributed by atoms with Crippen LogP contribution in [0.5, 0.6) is 0 Å². The highest BCUT2D eigenvalue weighted by atomic mass is 32.2. The van der Waals surface area contributed by atoms with Crippen LogP contribution in [-0.2, 0) is 10.2 Å². The number of rotatable bonds is 6. The Kier molecular flexibility index (Phi) is 5.49. The largest absolute Gasteiger partial charge is 0.481 e. The van der Waals surface area contributed by atoms with Gasteiger partial charge < -0.3 is 10.0 Å². The van der Waals surface area contributed by atoms with Crippen molar-refractivity contribution < 1.29 is 9.90 Å². The summed E-state index contributed by atoms with van der Waals surface area (Å²) in [5, 5.41) is 9.72. The van der Waals surface area contributed by atoms with Crippen molar-refractivity contribution >= 4 is 17.7 Å². The third kappa shape index (κ3) is 3.36. The van der Waals surface area contributed by atoms with Crippen molar-refractivity contribution in [1.29, 1.82) is 0 Å². The van der Waals surface area contributed by atoms with E-state index in [2.05, 4.69) is 11.2 Å². The van der Waals surface area contributed by atoms with Gasteiger partial charge in [0.05, 0.1) is 5.41 Å². The molecule has 0 atom stereocenters. The molecule has 1 aromatic rings. The number of nitrogens with zero attached hydrogens (tertiary/aromatic N) is 1. The lowest BCUT2D eigenvalue weighted by Crippen LogP contribution is -2.47. The van der Waals surface area contributed by atoms with E-state index in [9.17, 15) is 9.90 Å². The fourth-order valence-electron chi connectivity index (χ4n) is 2.97. The lowest BCUT2D eigenvalue weighted by atomic mass is 9.73. The van der Waals surface area contributed by atoms with E-state index in [-0.39, 0.29) is 0 Å². The minimum absolute atomic E-state index is 0.674. The summed E-state index contributed by atoms with van der Waals surface area (Å²) in [6.45, 7) is 2.86. The molecule has 0 amide bonds. The van der Waals surface area contributed by atoms with Crippen molar-refractivity contribution in [3.05, 3.63) is 35.9 Å². The van der Waals surface area contributed by atoms with Crippen molar-refractivity contribution in [3.63, 3.8) is 0 Å². The second-order valence-corrected chi connectivity index (χ2v) is 6.43. The molecule has 110 valence electrons. The van der Waals surface area contributed by atoms with Gasteiger partial charge in [0.1, 0.15) is 0 Å². The van der Waals surface area contributed by atoms with Gasteiger partial charge in [0, 0.05) is 0 Å². The maximum atomic E-state index is 11.8. The normalized spacial score (nSPS) is 18.9. The molecule has 1 N–H and O–H groups in total. The van der Waals surface area contributed by atoms with Gasteiger partial charge in [0.25, 0.3) is 0 Å². The predicted octanol–water partition coefficient (Wildman–Crippen LogP) is 2.86. The van der Waals surface area contributed by atoms with E-state index >= 15 is 0 Å². The Morgan fingerprint density at radius 1 is 1.30 bits per heavy atom. The second kappa shape index (κ2) is 7.14. The van der Waals surface area contributed by atoms with Crippen LogP contribution < -0.4 is 0 Å². The van der Waals surface area contributed by atoms with Crippen molar-refractivity contribution in [2.45, 2.75) is 24.7 Å². The number of thioether (sulfide) groups is 1. The monoisotopic (exact) mass is 293 g/mol. The van der Waals surface area contributed by atoms with Gasteiger partial charge in [0.15, 0.2) is 0 Å². The molecular formula is C16H23NO2S. The highest BCUT2D eigenvalue weighted by Gasteiger charge is 2.42. The molecule has 0 spiro atoms. The van der Waals surface area contributed by atoms with E-state index in [4.69, 9.17) is 0 Å². The highest BCUT2D eigenvalue weighted by Crippen LogP contribution is 2.35. The van der Waals surface area contributed by atoms with Crippen LogP contribution in [0.1, 0.15) is 24.8 Å². The fraction of sp³-hybridized carbons (Fsp3) is 0.562. The van der Waals surface area contributed by atoms with Crippen LogP contribution in [0.15, 0.2) is 30.3 Å². The minimum Gasteiger partial charge on any atom is -0.481 e. The molecule has 0 radical (unpaired) electrons. The van der Waals surface area contributed by atoms with Crippen LogP contribution in [0.25, 0.3) is 0 Å². The first kappa shape index (κ1) is 15.4. The van der Waals surface area contributed by atoms with Crippen molar-refractivity contribution in [3.8, 4) is 0 Å². The zero-order valence-electron chi connectivity index (χ0n) is 12.0. The van der Waals surface area contributed by atoms with Gasteiger partial charge in [-0.1, -0.05) is 30.3 Å². The molecule has 0 aliphatic carbocycles. The van der Waals surface area contributed by atoms with Crippen LogP contribution in [0.2, 0.25) is 0 Å². The first-order valence-electron chi connectivity index (χ1n) is 7.19. The second-order valence-electron chi connectivity index (χ2n) is 5.44. The zero-order valence-corrected chi connectivity index (χ0v) is 12.9. The summed E-state index contributed by atoms with van der Waals surface area (Å²) < 4.78 is 0.